The number of nitrogens with one attached hydrogen (secondary N) is 1. The number of nitrogens with two attached hydrogens (primary N) is 1. The van der Waals surface area contributed by atoms with Crippen LogP contribution in [0.2, 0.25) is 0 Å². The second-order valence-electron chi connectivity index (χ2n) is 3.90. The van der Waals surface area contributed by atoms with Gasteiger partial charge in [-0.2, -0.15) is 0 Å². The molecule has 3 N–H and O–H groups in total. The Morgan fingerprint density at radius 3 is 2.60 bits per heavy atom. The minimum absolute atomic E-state index is 0.0533. The van der Waals surface area contributed by atoms with Crippen molar-refractivity contribution in [2.75, 3.05) is 5.32 Å². The average molecular weight is 207 g/mol. The lowest BCUT2D eigenvalue weighted by Gasteiger charge is -2.14. The minimum atomic E-state index is -0.0909. The summed E-state index contributed by atoms with van der Waals surface area (Å²) in [5.74, 6) is 0.260. The van der Waals surface area contributed by atoms with Gasteiger partial charge >= 0.3 is 0 Å². The Kier molecular flexibility index (Phi) is 4.24. The van der Waals surface area contributed by atoms with E-state index in [9.17, 15) is 4.79 Å². The first-order chi connectivity index (χ1) is 7.09. The zero-order valence-corrected chi connectivity index (χ0v) is 9.10. The summed E-state index contributed by atoms with van der Waals surface area (Å²) in [5.41, 5.74) is 6.55. The Hall–Kier alpha value is -1.42. The van der Waals surface area contributed by atoms with E-state index in [0.29, 0.717) is 12.3 Å². The van der Waals surface area contributed by atoms with E-state index < -0.39 is 0 Å². The van der Waals surface area contributed by atoms with Crippen molar-refractivity contribution in [1.29, 1.82) is 0 Å². The van der Waals surface area contributed by atoms with Crippen LogP contribution in [0.1, 0.15) is 20.3 Å². The topological polar surface area (TPSA) is 68.0 Å². The molecule has 1 aromatic heterocycles. The molecular formula is C11H17N3O. The Bertz CT molecular complexity index is 311. The first kappa shape index (κ1) is 11.7. The molecule has 15 heavy (non-hydrogen) atoms. The smallest absolute Gasteiger partial charge is 0.225 e. The lowest BCUT2D eigenvalue weighted by Crippen LogP contribution is -2.31. The first-order valence-corrected chi connectivity index (χ1v) is 5.05. The number of carbonyl (C=O) groups excluding carboxylic acids is 1. The van der Waals surface area contributed by atoms with Gasteiger partial charge in [-0.25, -0.2) is 0 Å². The fourth-order valence-corrected chi connectivity index (χ4v) is 1.10. The van der Waals surface area contributed by atoms with E-state index in [1.54, 1.807) is 24.5 Å². The summed E-state index contributed by atoms with van der Waals surface area (Å²) in [6.45, 7) is 4.01. The lowest BCUT2D eigenvalue weighted by molar-refractivity contribution is -0.116. The van der Waals surface area contributed by atoms with Gasteiger partial charge < -0.3 is 11.1 Å². The monoisotopic (exact) mass is 207 g/mol. The number of hydrogen-bond donors (Lipinski definition) is 2. The second kappa shape index (κ2) is 5.46. The zero-order valence-electron chi connectivity index (χ0n) is 9.10. The van der Waals surface area contributed by atoms with Crippen molar-refractivity contribution in [2.24, 2.45) is 11.7 Å². The van der Waals surface area contributed by atoms with Gasteiger partial charge in [-0.15, -0.1) is 0 Å². The van der Waals surface area contributed by atoms with Crippen LogP contribution >= 0.6 is 0 Å². The Morgan fingerprint density at radius 1 is 1.47 bits per heavy atom. The first-order valence-electron chi connectivity index (χ1n) is 5.05. The fraction of sp³-hybridized carbons (Fsp3) is 0.455. The van der Waals surface area contributed by atoms with Gasteiger partial charge in [0.25, 0.3) is 0 Å². The number of carbonyl (C=O) groups is 1. The van der Waals surface area contributed by atoms with Crippen LogP contribution in [0.3, 0.4) is 0 Å². The third kappa shape index (κ3) is 4.08. The van der Waals surface area contributed by atoms with Crippen LogP contribution in [0.4, 0.5) is 5.69 Å². The molecule has 1 atom stereocenters. The number of anilines is 1. The van der Waals surface area contributed by atoms with Gasteiger partial charge in [-0.05, 0) is 18.1 Å². The highest BCUT2D eigenvalue weighted by atomic mass is 16.1. The van der Waals surface area contributed by atoms with E-state index in [0.717, 1.165) is 5.69 Å². The highest BCUT2D eigenvalue weighted by molar-refractivity contribution is 5.90. The van der Waals surface area contributed by atoms with Gasteiger partial charge in [0, 0.05) is 30.5 Å². The average Bonchev–Trinajstić information content (AvgIpc) is 2.18. The fourth-order valence-electron chi connectivity index (χ4n) is 1.10. The third-order valence-electron chi connectivity index (χ3n) is 2.24. The maximum Gasteiger partial charge on any atom is 0.225 e. The summed E-state index contributed by atoms with van der Waals surface area (Å²) in [5, 5.41) is 2.77. The summed E-state index contributed by atoms with van der Waals surface area (Å²) in [6, 6.07) is 3.41. The van der Waals surface area contributed by atoms with Gasteiger partial charge in [0.05, 0.1) is 0 Å². The van der Waals surface area contributed by atoms with E-state index in [1.807, 2.05) is 13.8 Å². The van der Waals surface area contributed by atoms with Crippen molar-refractivity contribution < 1.29 is 4.79 Å². The van der Waals surface area contributed by atoms with E-state index in [-0.39, 0.29) is 11.9 Å². The summed E-state index contributed by atoms with van der Waals surface area (Å²) in [6.07, 6.45) is 3.62. The quantitative estimate of drug-likeness (QED) is 0.784. The number of nitrogens with zero attached hydrogens (tertiary/aromatic N) is 1. The second-order valence-corrected chi connectivity index (χ2v) is 3.90. The normalized spacial score (nSPS) is 12.5. The molecule has 0 aliphatic carbocycles. The van der Waals surface area contributed by atoms with Crippen LogP contribution in [0, 0.1) is 5.92 Å². The molecule has 0 saturated carbocycles. The van der Waals surface area contributed by atoms with Crippen LogP contribution < -0.4 is 11.1 Å². The van der Waals surface area contributed by atoms with Gasteiger partial charge in [0.15, 0.2) is 0 Å². The van der Waals surface area contributed by atoms with Crippen molar-refractivity contribution in [3.05, 3.63) is 24.5 Å². The molecule has 4 nitrogen and oxygen atoms in total. The zero-order chi connectivity index (χ0) is 11.3. The highest BCUT2D eigenvalue weighted by Crippen LogP contribution is 2.07. The van der Waals surface area contributed by atoms with E-state index in [4.69, 9.17) is 5.73 Å². The van der Waals surface area contributed by atoms with Crippen LogP contribution in [-0.4, -0.2) is 16.9 Å². The van der Waals surface area contributed by atoms with Crippen molar-refractivity contribution in [3.8, 4) is 0 Å². The van der Waals surface area contributed by atoms with Crippen molar-refractivity contribution in [2.45, 2.75) is 26.3 Å². The van der Waals surface area contributed by atoms with Crippen LogP contribution in [0.5, 0.6) is 0 Å². The van der Waals surface area contributed by atoms with Crippen molar-refractivity contribution in [1.82, 2.24) is 4.98 Å². The number of rotatable bonds is 4. The van der Waals surface area contributed by atoms with E-state index >= 15 is 0 Å². The molecule has 4 heteroatoms. The minimum Gasteiger partial charge on any atom is -0.327 e. The maximum atomic E-state index is 11.5. The predicted molar refractivity (Wildman–Crippen MR) is 60.3 cm³/mol. The molecule has 0 fully saturated rings. The molecule has 82 valence electrons. The summed E-state index contributed by atoms with van der Waals surface area (Å²) >= 11 is 0. The van der Waals surface area contributed by atoms with Gasteiger partial charge in [-0.3, -0.25) is 9.78 Å². The molecule has 0 aromatic carbocycles. The predicted octanol–water partition coefficient (Wildman–Crippen LogP) is 1.39. The Balaban J connectivity index is 2.43. The largest absolute Gasteiger partial charge is 0.327 e. The van der Waals surface area contributed by atoms with Crippen LogP contribution in [0.25, 0.3) is 0 Å². The highest BCUT2D eigenvalue weighted by Gasteiger charge is 2.12. The van der Waals surface area contributed by atoms with Crippen LogP contribution in [0.15, 0.2) is 24.5 Å². The lowest BCUT2D eigenvalue weighted by atomic mass is 10.0. The maximum absolute atomic E-state index is 11.5. The van der Waals surface area contributed by atoms with Gasteiger partial charge in [-0.1, -0.05) is 13.8 Å². The SMILES string of the molecule is CC(C)C(N)CC(=O)Nc1ccncc1. The van der Waals surface area contributed by atoms with Crippen molar-refractivity contribution in [3.63, 3.8) is 0 Å². The van der Waals surface area contributed by atoms with E-state index in [1.165, 1.54) is 0 Å². The summed E-state index contributed by atoms with van der Waals surface area (Å²) in [7, 11) is 0. The number of pyridine rings is 1. The molecule has 0 aliphatic heterocycles. The molecule has 0 bridgehead atoms. The Labute approximate surface area is 89.9 Å². The number of amides is 1. The standard InChI is InChI=1S/C11H17N3O/c1-8(2)10(12)7-11(15)14-9-3-5-13-6-4-9/h3-6,8,10H,7,12H2,1-2H3,(H,13,14,15). The van der Waals surface area contributed by atoms with Gasteiger partial charge in [0.2, 0.25) is 5.91 Å². The molecule has 1 heterocycles. The molecular weight excluding hydrogens is 190 g/mol. The van der Waals surface area contributed by atoms with Crippen LogP contribution in [-0.2, 0) is 4.79 Å². The number of hydrogen-bond acceptors (Lipinski definition) is 3. The van der Waals surface area contributed by atoms with Crippen molar-refractivity contribution >= 4 is 11.6 Å². The molecule has 0 aliphatic rings. The molecule has 1 unspecified atom stereocenters. The Morgan fingerprint density at radius 2 is 2.07 bits per heavy atom. The molecule has 0 radical (unpaired) electrons. The number of aromatic nitrogens is 1. The molecule has 1 rings (SSSR count). The third-order valence-corrected chi connectivity index (χ3v) is 2.24. The van der Waals surface area contributed by atoms with Gasteiger partial charge in [0.1, 0.15) is 0 Å². The summed E-state index contributed by atoms with van der Waals surface area (Å²) in [4.78, 5) is 15.4. The molecule has 1 aromatic rings. The molecule has 0 saturated heterocycles. The van der Waals surface area contributed by atoms with E-state index in [2.05, 4.69) is 10.3 Å². The summed E-state index contributed by atoms with van der Waals surface area (Å²) < 4.78 is 0. The molecule has 0 spiro atoms. The molecule has 1 amide bonds.